The first-order valence-electron chi connectivity index (χ1n) is 7.35. The first kappa shape index (κ1) is 19.9. The van der Waals surface area contributed by atoms with Crippen molar-refractivity contribution in [2.45, 2.75) is 58.5 Å². The molecule has 0 aliphatic rings. The minimum atomic E-state index is -0.155. The summed E-state index contributed by atoms with van der Waals surface area (Å²) in [7, 11) is 0. The molecule has 21 heavy (non-hydrogen) atoms. The van der Waals surface area contributed by atoms with E-state index in [4.69, 9.17) is 5.73 Å². The molecule has 3 nitrogen and oxygen atoms in total. The van der Waals surface area contributed by atoms with Gasteiger partial charge >= 0.3 is 0 Å². The molecule has 1 aromatic rings. The molecule has 3 N–H and O–H groups in total. The third-order valence-corrected chi connectivity index (χ3v) is 3.96. The van der Waals surface area contributed by atoms with E-state index >= 15 is 0 Å². The third-order valence-electron chi connectivity index (χ3n) is 3.96. The Morgan fingerprint density at radius 3 is 2.19 bits per heavy atom. The maximum absolute atomic E-state index is 12.0. The fourth-order valence-corrected chi connectivity index (χ4v) is 2.44. The maximum Gasteiger partial charge on any atom is 0.224 e. The Hall–Kier alpha value is -1.06. The van der Waals surface area contributed by atoms with Crippen molar-refractivity contribution >= 4 is 18.3 Å². The van der Waals surface area contributed by atoms with Crippen LogP contribution in [0.25, 0.3) is 0 Å². The molecule has 0 aliphatic heterocycles. The Bertz CT molecular complexity index is 432. The summed E-state index contributed by atoms with van der Waals surface area (Å²) < 4.78 is 0. The van der Waals surface area contributed by atoms with Gasteiger partial charge in [0.25, 0.3) is 0 Å². The van der Waals surface area contributed by atoms with Gasteiger partial charge in [0.15, 0.2) is 0 Å². The van der Waals surface area contributed by atoms with Crippen LogP contribution in [0.1, 0.15) is 46.6 Å². The van der Waals surface area contributed by atoms with Crippen molar-refractivity contribution in [1.82, 2.24) is 5.32 Å². The number of halogens is 1. The molecule has 0 aliphatic carbocycles. The lowest BCUT2D eigenvalue weighted by Gasteiger charge is -2.30. The van der Waals surface area contributed by atoms with E-state index in [0.29, 0.717) is 0 Å². The van der Waals surface area contributed by atoms with Gasteiger partial charge in [0.2, 0.25) is 5.91 Å². The minimum absolute atomic E-state index is 0. The van der Waals surface area contributed by atoms with Crippen LogP contribution in [0.5, 0.6) is 0 Å². The van der Waals surface area contributed by atoms with E-state index in [9.17, 15) is 4.79 Å². The lowest BCUT2D eigenvalue weighted by molar-refractivity contribution is -0.125. The van der Waals surface area contributed by atoms with E-state index in [2.05, 4.69) is 50.4 Å². The lowest BCUT2D eigenvalue weighted by atomic mass is 9.79. The second-order valence-electron chi connectivity index (χ2n) is 6.51. The second-order valence-corrected chi connectivity index (χ2v) is 6.51. The molecule has 0 heterocycles. The summed E-state index contributed by atoms with van der Waals surface area (Å²) in [6.07, 6.45) is 0.897. The summed E-state index contributed by atoms with van der Waals surface area (Å²) in [6, 6.07) is 10.4. The monoisotopic (exact) mass is 312 g/mol. The largest absolute Gasteiger partial charge is 0.353 e. The van der Waals surface area contributed by atoms with Gasteiger partial charge in [-0.25, -0.2) is 0 Å². The lowest BCUT2D eigenvalue weighted by Crippen LogP contribution is -2.44. The number of hydrogen-bond acceptors (Lipinski definition) is 2. The molecule has 0 aromatic heterocycles. The van der Waals surface area contributed by atoms with Gasteiger partial charge in [-0.15, -0.1) is 12.4 Å². The van der Waals surface area contributed by atoms with E-state index < -0.39 is 0 Å². The summed E-state index contributed by atoms with van der Waals surface area (Å²) >= 11 is 0. The molecule has 3 unspecified atom stereocenters. The zero-order valence-electron chi connectivity index (χ0n) is 13.7. The molecular formula is C17H29ClN2O. The Labute approximate surface area is 135 Å². The van der Waals surface area contributed by atoms with Crippen molar-refractivity contribution in [3.63, 3.8) is 0 Å². The Kier molecular flexibility index (Phi) is 7.98. The Balaban J connectivity index is 0.00000400. The second kappa shape index (κ2) is 8.40. The van der Waals surface area contributed by atoms with Gasteiger partial charge < -0.3 is 11.1 Å². The molecule has 120 valence electrons. The van der Waals surface area contributed by atoms with Crippen LogP contribution in [0.4, 0.5) is 0 Å². The normalized spacial score (nSPS) is 15.5. The van der Waals surface area contributed by atoms with Gasteiger partial charge in [0.1, 0.15) is 0 Å². The molecule has 0 saturated carbocycles. The van der Waals surface area contributed by atoms with Gasteiger partial charge in [0, 0.05) is 18.0 Å². The van der Waals surface area contributed by atoms with Gasteiger partial charge in [-0.05, 0) is 31.2 Å². The van der Waals surface area contributed by atoms with Crippen molar-refractivity contribution in [2.75, 3.05) is 0 Å². The SMILES string of the molecule is CC(CC(C)(C)c1ccccc1)NC(=O)C(C)C(C)N.Cl. The fraction of sp³-hybridized carbons (Fsp3) is 0.588. The number of hydrogen-bond donors (Lipinski definition) is 2. The van der Waals surface area contributed by atoms with Crippen molar-refractivity contribution < 1.29 is 4.79 Å². The number of nitrogens with two attached hydrogens (primary N) is 1. The van der Waals surface area contributed by atoms with Crippen LogP contribution >= 0.6 is 12.4 Å². The van der Waals surface area contributed by atoms with Gasteiger partial charge in [-0.1, -0.05) is 51.1 Å². The molecule has 0 fully saturated rings. The molecule has 0 spiro atoms. The topological polar surface area (TPSA) is 55.1 Å². The van der Waals surface area contributed by atoms with E-state index in [-0.39, 0.29) is 41.7 Å². The van der Waals surface area contributed by atoms with Crippen LogP contribution in [0, 0.1) is 5.92 Å². The van der Waals surface area contributed by atoms with Crippen LogP contribution in [-0.4, -0.2) is 18.0 Å². The van der Waals surface area contributed by atoms with Crippen molar-refractivity contribution in [3.05, 3.63) is 35.9 Å². The number of carbonyl (C=O) groups is 1. The van der Waals surface area contributed by atoms with Crippen molar-refractivity contribution in [1.29, 1.82) is 0 Å². The zero-order chi connectivity index (χ0) is 15.3. The highest BCUT2D eigenvalue weighted by Crippen LogP contribution is 2.28. The highest BCUT2D eigenvalue weighted by atomic mass is 35.5. The Morgan fingerprint density at radius 2 is 1.71 bits per heavy atom. The van der Waals surface area contributed by atoms with Gasteiger partial charge in [-0.3, -0.25) is 4.79 Å². The summed E-state index contributed by atoms with van der Waals surface area (Å²) in [5, 5.41) is 3.07. The number of benzene rings is 1. The standard InChI is InChI=1S/C17H28N2O.ClH/c1-12(19-16(20)13(2)14(3)18)11-17(4,5)15-9-7-6-8-10-15;/h6-10,12-14H,11,18H2,1-5H3,(H,19,20);1H. The van der Waals surface area contributed by atoms with Gasteiger partial charge in [-0.2, -0.15) is 0 Å². The summed E-state index contributed by atoms with van der Waals surface area (Å²) in [4.78, 5) is 12.0. The Morgan fingerprint density at radius 1 is 1.19 bits per heavy atom. The molecular weight excluding hydrogens is 284 g/mol. The van der Waals surface area contributed by atoms with Crippen molar-refractivity contribution in [2.24, 2.45) is 11.7 Å². The number of rotatable bonds is 6. The molecule has 0 radical (unpaired) electrons. The molecule has 1 aromatic carbocycles. The molecule has 3 atom stereocenters. The highest BCUT2D eigenvalue weighted by molar-refractivity contribution is 5.85. The summed E-state index contributed by atoms with van der Waals surface area (Å²) in [5.74, 6) is -0.117. The third kappa shape index (κ3) is 6.06. The molecule has 1 amide bonds. The molecule has 0 bridgehead atoms. The maximum atomic E-state index is 12.0. The van der Waals surface area contributed by atoms with Gasteiger partial charge in [0.05, 0.1) is 0 Å². The molecule has 4 heteroatoms. The van der Waals surface area contributed by atoms with Crippen LogP contribution in [0.2, 0.25) is 0 Å². The molecule has 0 saturated heterocycles. The van der Waals surface area contributed by atoms with Crippen LogP contribution in [0.3, 0.4) is 0 Å². The first-order valence-corrected chi connectivity index (χ1v) is 7.35. The number of amides is 1. The smallest absolute Gasteiger partial charge is 0.224 e. The van der Waals surface area contributed by atoms with E-state index in [1.54, 1.807) is 0 Å². The number of nitrogens with one attached hydrogen (secondary N) is 1. The van der Waals surface area contributed by atoms with Crippen molar-refractivity contribution in [3.8, 4) is 0 Å². The quantitative estimate of drug-likeness (QED) is 0.847. The van der Waals surface area contributed by atoms with E-state index in [0.717, 1.165) is 6.42 Å². The predicted molar refractivity (Wildman–Crippen MR) is 91.8 cm³/mol. The predicted octanol–water partition coefficient (Wildman–Crippen LogP) is 3.26. The summed E-state index contributed by atoms with van der Waals surface area (Å²) in [5.41, 5.74) is 7.10. The first-order chi connectivity index (χ1) is 9.24. The van der Waals surface area contributed by atoms with Crippen LogP contribution in [0.15, 0.2) is 30.3 Å². The zero-order valence-corrected chi connectivity index (χ0v) is 14.5. The van der Waals surface area contributed by atoms with E-state index in [1.165, 1.54) is 5.56 Å². The summed E-state index contributed by atoms with van der Waals surface area (Å²) in [6.45, 7) is 10.2. The number of carbonyl (C=O) groups excluding carboxylic acids is 1. The molecule has 1 rings (SSSR count). The minimum Gasteiger partial charge on any atom is -0.353 e. The van der Waals surface area contributed by atoms with Crippen LogP contribution in [-0.2, 0) is 10.2 Å². The van der Waals surface area contributed by atoms with E-state index in [1.807, 2.05) is 19.9 Å². The fourth-order valence-electron chi connectivity index (χ4n) is 2.44. The average Bonchev–Trinajstić information content (AvgIpc) is 2.37. The highest BCUT2D eigenvalue weighted by Gasteiger charge is 2.25. The average molecular weight is 313 g/mol. The van der Waals surface area contributed by atoms with Crippen LogP contribution < -0.4 is 11.1 Å².